The molecule has 1 aromatic carbocycles. The van der Waals surface area contributed by atoms with Crippen LogP contribution in [0.2, 0.25) is 0 Å². The number of hydrogen-bond donors (Lipinski definition) is 1. The first-order chi connectivity index (χ1) is 11.1. The third-order valence-corrected chi connectivity index (χ3v) is 6.10. The predicted molar refractivity (Wildman–Crippen MR) is 96.3 cm³/mol. The van der Waals surface area contributed by atoms with Crippen molar-refractivity contribution in [1.29, 1.82) is 0 Å². The van der Waals surface area contributed by atoms with Crippen molar-refractivity contribution in [3.05, 3.63) is 29.8 Å². The SMILES string of the molecule is CCN(CC)S(=O)(=O)c1ccc([C@H](C)N[C@@H](C)C(=O)N(C)C)cc1. The van der Waals surface area contributed by atoms with Gasteiger partial charge in [0.15, 0.2) is 0 Å². The van der Waals surface area contributed by atoms with Crippen molar-refractivity contribution in [1.82, 2.24) is 14.5 Å². The van der Waals surface area contributed by atoms with Crippen LogP contribution in [0.25, 0.3) is 0 Å². The van der Waals surface area contributed by atoms with Crippen LogP contribution in [0.5, 0.6) is 0 Å². The molecule has 0 saturated carbocycles. The second-order valence-corrected chi connectivity index (χ2v) is 7.94. The number of nitrogens with zero attached hydrogens (tertiary/aromatic N) is 2. The number of hydrogen-bond acceptors (Lipinski definition) is 4. The van der Waals surface area contributed by atoms with Gasteiger partial charge in [-0.1, -0.05) is 26.0 Å². The van der Waals surface area contributed by atoms with Gasteiger partial charge in [0, 0.05) is 33.2 Å². The maximum Gasteiger partial charge on any atom is 0.243 e. The second kappa shape index (κ2) is 8.60. The molecule has 0 saturated heterocycles. The van der Waals surface area contributed by atoms with Crippen molar-refractivity contribution in [2.24, 2.45) is 0 Å². The zero-order valence-electron chi connectivity index (χ0n) is 15.4. The van der Waals surface area contributed by atoms with E-state index in [4.69, 9.17) is 0 Å². The number of carbonyl (C=O) groups excluding carboxylic acids is 1. The van der Waals surface area contributed by atoms with Crippen LogP contribution < -0.4 is 5.32 Å². The lowest BCUT2D eigenvalue weighted by molar-refractivity contribution is -0.130. The van der Waals surface area contributed by atoms with E-state index < -0.39 is 10.0 Å². The van der Waals surface area contributed by atoms with Crippen molar-refractivity contribution < 1.29 is 13.2 Å². The molecule has 0 aliphatic heterocycles. The Labute approximate surface area is 145 Å². The smallest absolute Gasteiger partial charge is 0.243 e. The topological polar surface area (TPSA) is 69.7 Å². The van der Waals surface area contributed by atoms with Crippen LogP contribution in [-0.2, 0) is 14.8 Å². The van der Waals surface area contributed by atoms with E-state index in [-0.39, 0.29) is 18.0 Å². The van der Waals surface area contributed by atoms with E-state index in [0.29, 0.717) is 18.0 Å². The maximum atomic E-state index is 12.5. The number of carbonyl (C=O) groups is 1. The Morgan fingerprint density at radius 1 is 1.08 bits per heavy atom. The summed E-state index contributed by atoms with van der Waals surface area (Å²) >= 11 is 0. The summed E-state index contributed by atoms with van der Waals surface area (Å²) in [5, 5.41) is 3.23. The van der Waals surface area contributed by atoms with Gasteiger partial charge in [0.2, 0.25) is 15.9 Å². The van der Waals surface area contributed by atoms with Gasteiger partial charge < -0.3 is 4.90 Å². The van der Waals surface area contributed by atoms with Crippen LogP contribution in [-0.4, -0.2) is 56.8 Å². The van der Waals surface area contributed by atoms with Gasteiger partial charge in [-0.25, -0.2) is 8.42 Å². The molecule has 1 aromatic rings. The van der Waals surface area contributed by atoms with Gasteiger partial charge in [-0.15, -0.1) is 0 Å². The van der Waals surface area contributed by atoms with Crippen molar-refractivity contribution in [2.45, 2.75) is 44.7 Å². The van der Waals surface area contributed by atoms with Crippen molar-refractivity contribution >= 4 is 15.9 Å². The number of amides is 1. The van der Waals surface area contributed by atoms with E-state index >= 15 is 0 Å². The Kier molecular flexibility index (Phi) is 7.38. The predicted octanol–water partition coefficient (Wildman–Crippen LogP) is 1.84. The minimum Gasteiger partial charge on any atom is -0.347 e. The molecule has 7 heteroatoms. The maximum absolute atomic E-state index is 12.5. The minimum absolute atomic E-state index is 0.00239. The standard InChI is InChI=1S/C17H29N3O3S/c1-7-20(8-2)24(22,23)16-11-9-15(10-12-16)13(3)18-14(4)17(21)19(5)6/h9-14,18H,7-8H2,1-6H3/t13-,14-/m0/s1. The summed E-state index contributed by atoms with van der Waals surface area (Å²) < 4.78 is 26.4. The van der Waals surface area contributed by atoms with Crippen molar-refractivity contribution in [3.8, 4) is 0 Å². The molecule has 136 valence electrons. The zero-order valence-corrected chi connectivity index (χ0v) is 16.2. The highest BCUT2D eigenvalue weighted by Crippen LogP contribution is 2.19. The van der Waals surface area contributed by atoms with E-state index in [1.54, 1.807) is 43.3 Å². The summed E-state index contributed by atoms with van der Waals surface area (Å²) in [5.41, 5.74) is 0.937. The van der Waals surface area contributed by atoms with Crippen molar-refractivity contribution in [2.75, 3.05) is 27.2 Å². The molecule has 1 rings (SSSR count). The Morgan fingerprint density at radius 2 is 1.58 bits per heavy atom. The molecule has 0 radical (unpaired) electrons. The van der Waals surface area contributed by atoms with E-state index in [1.807, 2.05) is 27.7 Å². The first kappa shape index (κ1) is 20.6. The molecule has 6 nitrogen and oxygen atoms in total. The van der Waals surface area contributed by atoms with Gasteiger partial charge in [0.1, 0.15) is 0 Å². The van der Waals surface area contributed by atoms with E-state index in [9.17, 15) is 13.2 Å². The molecular weight excluding hydrogens is 326 g/mol. The lowest BCUT2D eigenvalue weighted by Crippen LogP contribution is -2.42. The van der Waals surface area contributed by atoms with Crippen LogP contribution in [0.4, 0.5) is 0 Å². The normalized spacial score (nSPS) is 14.5. The number of sulfonamides is 1. The van der Waals surface area contributed by atoms with Crippen LogP contribution in [0, 0.1) is 0 Å². The fraction of sp³-hybridized carbons (Fsp3) is 0.588. The fourth-order valence-electron chi connectivity index (χ4n) is 2.57. The first-order valence-corrected chi connectivity index (χ1v) is 9.66. The van der Waals surface area contributed by atoms with Gasteiger partial charge in [0.05, 0.1) is 10.9 Å². The summed E-state index contributed by atoms with van der Waals surface area (Å²) in [4.78, 5) is 13.8. The lowest BCUT2D eigenvalue weighted by atomic mass is 10.1. The molecule has 1 amide bonds. The monoisotopic (exact) mass is 355 g/mol. The summed E-state index contributed by atoms with van der Waals surface area (Å²) in [6.45, 7) is 8.31. The quantitative estimate of drug-likeness (QED) is 0.772. The highest BCUT2D eigenvalue weighted by molar-refractivity contribution is 7.89. The molecular formula is C17H29N3O3S. The van der Waals surface area contributed by atoms with Crippen LogP contribution in [0.1, 0.15) is 39.3 Å². The Balaban J connectivity index is 2.89. The van der Waals surface area contributed by atoms with E-state index in [0.717, 1.165) is 5.56 Å². The molecule has 2 atom stereocenters. The third-order valence-electron chi connectivity index (χ3n) is 4.03. The van der Waals surface area contributed by atoms with Gasteiger partial charge in [-0.05, 0) is 31.5 Å². The first-order valence-electron chi connectivity index (χ1n) is 8.22. The fourth-order valence-corrected chi connectivity index (χ4v) is 4.03. The molecule has 0 aliphatic rings. The molecule has 0 bridgehead atoms. The van der Waals surface area contributed by atoms with Gasteiger partial charge in [-0.3, -0.25) is 10.1 Å². The van der Waals surface area contributed by atoms with Gasteiger partial charge >= 0.3 is 0 Å². The second-order valence-electron chi connectivity index (χ2n) is 6.00. The molecule has 0 unspecified atom stereocenters. The summed E-state index contributed by atoms with van der Waals surface area (Å²) in [7, 11) is 0.00132. The minimum atomic E-state index is -3.44. The highest BCUT2D eigenvalue weighted by Gasteiger charge is 2.22. The zero-order chi connectivity index (χ0) is 18.5. The van der Waals surface area contributed by atoms with Gasteiger partial charge in [0.25, 0.3) is 0 Å². The molecule has 0 heterocycles. The molecule has 0 spiro atoms. The average Bonchev–Trinajstić information content (AvgIpc) is 2.54. The summed E-state index contributed by atoms with van der Waals surface area (Å²) in [6, 6.07) is 6.46. The Bertz CT molecular complexity index is 638. The van der Waals surface area contributed by atoms with Crippen LogP contribution in [0.15, 0.2) is 29.2 Å². The lowest BCUT2D eigenvalue weighted by Gasteiger charge is -2.23. The molecule has 1 N–H and O–H groups in total. The summed E-state index contributed by atoms with van der Waals surface area (Å²) in [6.07, 6.45) is 0. The molecule has 0 fully saturated rings. The highest BCUT2D eigenvalue weighted by atomic mass is 32.2. The average molecular weight is 356 g/mol. The number of nitrogens with one attached hydrogen (secondary N) is 1. The molecule has 24 heavy (non-hydrogen) atoms. The van der Waals surface area contributed by atoms with Crippen molar-refractivity contribution in [3.63, 3.8) is 0 Å². The Hall–Kier alpha value is -1.44. The number of rotatable bonds is 8. The largest absolute Gasteiger partial charge is 0.347 e. The van der Waals surface area contributed by atoms with E-state index in [2.05, 4.69) is 5.32 Å². The van der Waals surface area contributed by atoms with Crippen LogP contribution in [0.3, 0.4) is 0 Å². The van der Waals surface area contributed by atoms with Crippen LogP contribution >= 0.6 is 0 Å². The van der Waals surface area contributed by atoms with E-state index in [1.165, 1.54) is 4.31 Å². The third kappa shape index (κ3) is 4.78. The van der Waals surface area contributed by atoms with Gasteiger partial charge in [-0.2, -0.15) is 4.31 Å². The Morgan fingerprint density at radius 3 is 2.00 bits per heavy atom. The number of benzene rings is 1. The molecule has 0 aromatic heterocycles. The molecule has 0 aliphatic carbocycles. The number of likely N-dealkylation sites (N-methyl/N-ethyl adjacent to an activating group) is 1. The summed E-state index contributed by atoms with van der Waals surface area (Å²) in [5.74, 6) is 0.00239.